The first-order valence-corrected chi connectivity index (χ1v) is 18.8. The molecule has 2 atom stereocenters. The summed E-state index contributed by atoms with van der Waals surface area (Å²) in [5.74, 6) is 0.987. The molecule has 4 fully saturated rings. The highest BCUT2D eigenvalue weighted by Crippen LogP contribution is 2.49. The zero-order chi connectivity index (χ0) is 35.3. The maximum Gasteiger partial charge on any atom is 0.319 e. The monoisotopic (exact) mass is 701 g/mol. The van der Waals surface area contributed by atoms with Crippen LogP contribution in [0.3, 0.4) is 0 Å². The van der Waals surface area contributed by atoms with Crippen molar-refractivity contribution >= 4 is 27.6 Å². The van der Waals surface area contributed by atoms with E-state index in [1.54, 1.807) is 13.3 Å². The van der Waals surface area contributed by atoms with Crippen molar-refractivity contribution in [2.45, 2.75) is 78.7 Å². The number of piperidine rings is 1. The number of fused-ring (bicyclic) bond motifs is 3. The molecule has 3 aromatic heterocycles. The summed E-state index contributed by atoms with van der Waals surface area (Å²) in [7, 11) is 1.57. The van der Waals surface area contributed by atoms with Gasteiger partial charge >= 0.3 is 6.01 Å². The number of aromatic amines is 1. The van der Waals surface area contributed by atoms with Crippen LogP contribution in [-0.2, 0) is 9.47 Å². The second kappa shape index (κ2) is 13.7. The Kier molecular flexibility index (Phi) is 9.29. The Morgan fingerprint density at radius 1 is 1.02 bits per heavy atom. The topological polar surface area (TPSA) is 111 Å². The summed E-state index contributed by atoms with van der Waals surface area (Å²) in [6, 6.07) is 2.68. The SMILES string of the molecule is COc1nc(-c2c(C)c(C)cc3[nH]ncc23)c(F)c2nc(OC[C@]34CCC[C@H]3N(CC3CCOCC3)CCC4)nc(N3CCOCC(C)(C)C3)c12. The molecule has 4 aliphatic rings. The Balaban J connectivity index is 1.22. The van der Waals surface area contributed by atoms with Crippen LogP contribution >= 0.6 is 0 Å². The van der Waals surface area contributed by atoms with Crippen molar-refractivity contribution in [2.75, 3.05) is 71.2 Å². The molecule has 8 rings (SSSR count). The van der Waals surface area contributed by atoms with Crippen LogP contribution in [0.2, 0.25) is 0 Å². The number of hydrogen-bond acceptors (Lipinski definition) is 10. The van der Waals surface area contributed by atoms with E-state index in [-0.39, 0.29) is 33.9 Å². The lowest BCUT2D eigenvalue weighted by atomic mass is 9.75. The van der Waals surface area contributed by atoms with Crippen molar-refractivity contribution < 1.29 is 23.3 Å². The van der Waals surface area contributed by atoms with Gasteiger partial charge in [-0.2, -0.15) is 15.1 Å². The first kappa shape index (κ1) is 34.5. The van der Waals surface area contributed by atoms with E-state index in [0.29, 0.717) is 61.6 Å². The molecule has 274 valence electrons. The molecule has 1 saturated carbocycles. The van der Waals surface area contributed by atoms with Crippen molar-refractivity contribution in [2.24, 2.45) is 16.7 Å². The van der Waals surface area contributed by atoms with Crippen LogP contribution < -0.4 is 14.4 Å². The van der Waals surface area contributed by atoms with E-state index in [2.05, 4.69) is 33.8 Å². The van der Waals surface area contributed by atoms with Crippen LogP contribution in [0, 0.1) is 36.4 Å². The largest absolute Gasteiger partial charge is 0.480 e. The number of pyridine rings is 1. The van der Waals surface area contributed by atoms with Gasteiger partial charge in [0.1, 0.15) is 22.4 Å². The zero-order valence-corrected chi connectivity index (χ0v) is 30.8. The smallest absolute Gasteiger partial charge is 0.319 e. The number of hydrogen-bond donors (Lipinski definition) is 1. The number of ether oxygens (including phenoxy) is 4. The van der Waals surface area contributed by atoms with E-state index in [4.69, 9.17) is 33.9 Å². The predicted molar refractivity (Wildman–Crippen MR) is 195 cm³/mol. The van der Waals surface area contributed by atoms with Gasteiger partial charge in [0.15, 0.2) is 5.82 Å². The van der Waals surface area contributed by atoms with Crippen molar-refractivity contribution in [3.05, 3.63) is 29.2 Å². The third-order valence-electron chi connectivity index (χ3n) is 12.1. The Hall–Kier alpha value is -3.61. The third-order valence-corrected chi connectivity index (χ3v) is 12.1. The van der Waals surface area contributed by atoms with E-state index in [1.807, 2.05) is 19.9 Å². The molecular formula is C39H52FN7O4. The first-order chi connectivity index (χ1) is 24.7. The number of anilines is 1. The van der Waals surface area contributed by atoms with Gasteiger partial charge in [0.25, 0.3) is 0 Å². The minimum Gasteiger partial charge on any atom is -0.480 e. The second-order valence-electron chi connectivity index (χ2n) is 16.2. The molecule has 1 N–H and O–H groups in total. The second-order valence-corrected chi connectivity index (χ2v) is 16.2. The number of halogens is 1. The van der Waals surface area contributed by atoms with Gasteiger partial charge in [-0.25, -0.2) is 9.37 Å². The standard InChI is InChI=1S/C39H52FN7O4/c1-24-18-28-27(19-41-45-28)30(25(24)2)33-32(40)34-31(36(42-33)48-5)35(47-14-17-50-22-38(3,4)21-47)44-37(43-34)51-23-39-11-6-8-29(39)46(13-7-12-39)20-26-9-15-49-16-10-26/h18-19,26,29H,6-17,20-23H2,1-5H3,(H,41,45)/t29-,39-/m1/s1. The average Bonchev–Trinajstić information content (AvgIpc) is 3.73. The summed E-state index contributed by atoms with van der Waals surface area (Å²) in [4.78, 5) is 19.7. The van der Waals surface area contributed by atoms with Crippen LogP contribution in [0.4, 0.5) is 10.2 Å². The molecule has 3 saturated heterocycles. The summed E-state index contributed by atoms with van der Waals surface area (Å²) < 4.78 is 41.6. The fourth-order valence-corrected chi connectivity index (χ4v) is 9.39. The maximum atomic E-state index is 17.3. The lowest BCUT2D eigenvalue weighted by Gasteiger charge is -2.47. The maximum absolute atomic E-state index is 17.3. The Morgan fingerprint density at radius 3 is 2.67 bits per heavy atom. The summed E-state index contributed by atoms with van der Waals surface area (Å²) >= 11 is 0. The number of likely N-dealkylation sites (tertiary alicyclic amines) is 1. The highest BCUT2D eigenvalue weighted by molar-refractivity contribution is 6.01. The summed E-state index contributed by atoms with van der Waals surface area (Å²) in [6.07, 6.45) is 9.74. The molecule has 0 radical (unpaired) electrons. The van der Waals surface area contributed by atoms with Crippen molar-refractivity contribution in [3.8, 4) is 23.1 Å². The van der Waals surface area contributed by atoms with Gasteiger partial charge in [0, 0.05) is 60.7 Å². The molecule has 6 heterocycles. The summed E-state index contributed by atoms with van der Waals surface area (Å²) in [5.41, 5.74) is 3.58. The molecule has 11 nitrogen and oxygen atoms in total. The highest BCUT2D eigenvalue weighted by atomic mass is 19.1. The molecule has 0 bridgehead atoms. The number of nitrogens with zero attached hydrogens (tertiary/aromatic N) is 6. The summed E-state index contributed by atoms with van der Waals surface area (Å²) in [6.45, 7) is 15.2. The van der Waals surface area contributed by atoms with Crippen LogP contribution in [0.1, 0.15) is 69.9 Å². The molecule has 0 spiro atoms. The molecule has 3 aliphatic heterocycles. The van der Waals surface area contributed by atoms with Gasteiger partial charge < -0.3 is 23.8 Å². The fourth-order valence-electron chi connectivity index (χ4n) is 9.39. The number of aromatic nitrogens is 5. The van der Waals surface area contributed by atoms with E-state index in [9.17, 15) is 0 Å². The minimum absolute atomic E-state index is 0.0194. The van der Waals surface area contributed by atoms with Gasteiger partial charge in [-0.1, -0.05) is 20.3 Å². The number of methoxy groups -OCH3 is 1. The van der Waals surface area contributed by atoms with Gasteiger partial charge in [-0.3, -0.25) is 10.00 Å². The van der Waals surface area contributed by atoms with Crippen molar-refractivity contribution in [1.82, 2.24) is 30.0 Å². The number of rotatable bonds is 8. The molecular weight excluding hydrogens is 649 g/mol. The predicted octanol–water partition coefficient (Wildman–Crippen LogP) is 6.64. The molecule has 4 aromatic rings. The van der Waals surface area contributed by atoms with Crippen LogP contribution in [0.5, 0.6) is 11.9 Å². The Labute approximate surface area is 299 Å². The molecule has 1 aromatic carbocycles. The van der Waals surface area contributed by atoms with Crippen LogP contribution in [-0.4, -0.2) is 102 Å². The van der Waals surface area contributed by atoms with E-state index < -0.39 is 5.82 Å². The minimum atomic E-state index is -0.530. The van der Waals surface area contributed by atoms with Crippen molar-refractivity contribution in [3.63, 3.8) is 0 Å². The van der Waals surface area contributed by atoms with E-state index >= 15 is 4.39 Å². The molecule has 0 unspecified atom stereocenters. The molecule has 1 aliphatic carbocycles. The lowest BCUT2D eigenvalue weighted by Crippen LogP contribution is -2.53. The van der Waals surface area contributed by atoms with E-state index in [0.717, 1.165) is 80.4 Å². The molecule has 0 amide bonds. The Morgan fingerprint density at radius 2 is 1.84 bits per heavy atom. The first-order valence-electron chi connectivity index (χ1n) is 18.8. The van der Waals surface area contributed by atoms with Crippen molar-refractivity contribution in [1.29, 1.82) is 0 Å². The van der Waals surface area contributed by atoms with Gasteiger partial charge in [-0.15, -0.1) is 0 Å². The van der Waals surface area contributed by atoms with Crippen LogP contribution in [0.15, 0.2) is 12.3 Å². The summed E-state index contributed by atoms with van der Waals surface area (Å²) in [5, 5.41) is 8.54. The average molecular weight is 702 g/mol. The molecule has 12 heteroatoms. The quantitative estimate of drug-likeness (QED) is 0.215. The highest BCUT2D eigenvalue weighted by Gasteiger charge is 2.49. The number of H-pyrrole nitrogens is 1. The molecule has 51 heavy (non-hydrogen) atoms. The zero-order valence-electron chi connectivity index (χ0n) is 30.8. The number of nitrogens with one attached hydrogen (secondary N) is 1. The lowest BCUT2D eigenvalue weighted by molar-refractivity contribution is -0.0203. The van der Waals surface area contributed by atoms with Gasteiger partial charge in [-0.05, 0) is 82.0 Å². The third kappa shape index (κ3) is 6.41. The fraction of sp³-hybridized carbons (Fsp3) is 0.641. The number of benzene rings is 1. The van der Waals surface area contributed by atoms with E-state index in [1.165, 1.54) is 12.8 Å². The number of aryl methyl sites for hydroxylation is 1. The van der Waals surface area contributed by atoms with Gasteiger partial charge in [0.05, 0.1) is 38.6 Å². The normalized spacial score (nSPS) is 24.6. The van der Waals surface area contributed by atoms with Gasteiger partial charge in [0.2, 0.25) is 5.88 Å². The van der Waals surface area contributed by atoms with Crippen LogP contribution in [0.25, 0.3) is 33.1 Å². The Bertz CT molecular complexity index is 1910.